The van der Waals surface area contributed by atoms with Crippen LogP contribution in [0.25, 0.3) is 21.8 Å². The van der Waals surface area contributed by atoms with Crippen molar-refractivity contribution in [3.8, 4) is 11.8 Å². The van der Waals surface area contributed by atoms with Crippen molar-refractivity contribution < 1.29 is 4.74 Å². The number of nitrogens with zero attached hydrogens (tertiary/aromatic N) is 4. The molecular weight excluding hydrogens is 436 g/mol. The first-order valence-electron chi connectivity index (χ1n) is 11.6. The Morgan fingerprint density at radius 2 is 2.03 bits per heavy atom. The third-order valence-electron chi connectivity index (χ3n) is 6.05. The van der Waals surface area contributed by atoms with Crippen LogP contribution in [0.1, 0.15) is 30.7 Å². The molecule has 0 fully saturated rings. The van der Waals surface area contributed by atoms with Gasteiger partial charge in [0.1, 0.15) is 11.8 Å². The molecule has 0 aliphatic rings. The average molecular weight is 463 g/mol. The minimum atomic E-state index is 0.512. The van der Waals surface area contributed by atoms with Crippen LogP contribution in [0.15, 0.2) is 67.1 Å². The summed E-state index contributed by atoms with van der Waals surface area (Å²) in [5.41, 5.74) is 12.6. The van der Waals surface area contributed by atoms with E-state index >= 15 is 0 Å². The number of fused-ring (bicyclic) bond motifs is 2. The van der Waals surface area contributed by atoms with Crippen molar-refractivity contribution in [1.29, 1.82) is 5.26 Å². The number of ether oxygens (including phenoxy) is 1. The lowest BCUT2D eigenvalue weighted by Crippen LogP contribution is -2.04. The highest BCUT2D eigenvalue weighted by atomic mass is 16.5. The fourth-order valence-electron chi connectivity index (χ4n) is 4.39. The Morgan fingerprint density at radius 1 is 1.14 bits per heavy atom. The van der Waals surface area contributed by atoms with Crippen molar-refractivity contribution in [3.05, 3.63) is 83.9 Å². The largest absolute Gasteiger partial charge is 0.492 e. The molecule has 174 valence electrons. The summed E-state index contributed by atoms with van der Waals surface area (Å²) in [5.74, 6) is 0.599. The molecule has 0 spiro atoms. The van der Waals surface area contributed by atoms with E-state index in [0.717, 1.165) is 45.3 Å². The number of anilines is 3. The third-order valence-corrected chi connectivity index (χ3v) is 6.05. The second-order valence-electron chi connectivity index (χ2n) is 8.32. The monoisotopic (exact) mass is 462 g/mol. The highest BCUT2D eigenvalue weighted by Crippen LogP contribution is 2.36. The van der Waals surface area contributed by atoms with Gasteiger partial charge in [0, 0.05) is 53.2 Å². The lowest BCUT2D eigenvalue weighted by molar-refractivity contribution is 0.342. The molecular formula is C28H26N6O. The molecule has 7 nitrogen and oxygen atoms in total. The maximum atomic E-state index is 10.00. The zero-order valence-electron chi connectivity index (χ0n) is 19.7. The SMILES string of the molecule is CCOc1cc2nc(CC)c(C#N)c(Nc3ccc4c(ccn4Cc4cccnc4)c3)c2cc1N. The van der Waals surface area contributed by atoms with Gasteiger partial charge in [-0.2, -0.15) is 5.26 Å². The van der Waals surface area contributed by atoms with Gasteiger partial charge in [-0.05, 0) is 55.3 Å². The van der Waals surface area contributed by atoms with Crippen molar-refractivity contribution in [1.82, 2.24) is 14.5 Å². The predicted molar refractivity (Wildman–Crippen MR) is 140 cm³/mol. The van der Waals surface area contributed by atoms with Gasteiger partial charge in [0.2, 0.25) is 0 Å². The lowest BCUT2D eigenvalue weighted by atomic mass is 10.0. The van der Waals surface area contributed by atoms with E-state index in [2.05, 4.69) is 51.4 Å². The Bertz CT molecular complexity index is 1570. The van der Waals surface area contributed by atoms with Gasteiger partial charge >= 0.3 is 0 Å². The molecule has 0 aliphatic heterocycles. The van der Waals surface area contributed by atoms with Crippen LogP contribution < -0.4 is 15.8 Å². The number of pyridine rings is 2. The Labute approximate surface area is 203 Å². The summed E-state index contributed by atoms with van der Waals surface area (Å²) < 4.78 is 7.87. The summed E-state index contributed by atoms with van der Waals surface area (Å²) in [6.07, 6.45) is 6.38. The fourth-order valence-corrected chi connectivity index (χ4v) is 4.39. The lowest BCUT2D eigenvalue weighted by Gasteiger charge is -2.16. The van der Waals surface area contributed by atoms with Crippen LogP contribution in [0.3, 0.4) is 0 Å². The molecule has 0 bridgehead atoms. The predicted octanol–water partition coefficient (Wildman–Crippen LogP) is 5.79. The summed E-state index contributed by atoms with van der Waals surface area (Å²) in [7, 11) is 0. The molecule has 35 heavy (non-hydrogen) atoms. The fraction of sp³-hybridized carbons (Fsp3) is 0.179. The van der Waals surface area contributed by atoms with Gasteiger partial charge in [-0.3, -0.25) is 9.97 Å². The van der Waals surface area contributed by atoms with Crippen molar-refractivity contribution in [2.45, 2.75) is 26.8 Å². The van der Waals surface area contributed by atoms with E-state index in [1.54, 1.807) is 6.20 Å². The van der Waals surface area contributed by atoms with Crippen molar-refractivity contribution in [2.24, 2.45) is 0 Å². The van der Waals surface area contributed by atoms with Gasteiger partial charge in [-0.1, -0.05) is 13.0 Å². The second-order valence-corrected chi connectivity index (χ2v) is 8.32. The maximum Gasteiger partial charge on any atom is 0.144 e. The van der Waals surface area contributed by atoms with Gasteiger partial charge in [0.25, 0.3) is 0 Å². The molecule has 7 heteroatoms. The molecule has 5 rings (SSSR count). The van der Waals surface area contributed by atoms with Gasteiger partial charge in [-0.15, -0.1) is 0 Å². The van der Waals surface area contributed by atoms with Crippen LogP contribution >= 0.6 is 0 Å². The normalized spacial score (nSPS) is 11.0. The van der Waals surface area contributed by atoms with Gasteiger partial charge in [0.15, 0.2) is 0 Å². The summed E-state index contributed by atoms with van der Waals surface area (Å²) in [5, 5.41) is 15.4. The third kappa shape index (κ3) is 4.22. The molecule has 0 saturated heterocycles. The van der Waals surface area contributed by atoms with Crippen LogP contribution in [-0.4, -0.2) is 21.1 Å². The Morgan fingerprint density at radius 3 is 2.77 bits per heavy atom. The molecule has 3 heterocycles. The van der Waals surface area contributed by atoms with E-state index < -0.39 is 0 Å². The number of hydrogen-bond acceptors (Lipinski definition) is 6. The standard InChI is InChI=1S/C28H26N6O/c1-3-24-22(15-29)28(21-13-23(30)27(35-4-2)14-25(21)33-24)32-20-7-8-26-19(12-20)9-11-34(26)17-18-6-5-10-31-16-18/h5-14,16H,3-4,17,30H2,1-2H3,(H,32,33). The molecule has 3 aromatic heterocycles. The maximum absolute atomic E-state index is 10.00. The van der Waals surface area contributed by atoms with Crippen molar-refractivity contribution >= 4 is 38.9 Å². The molecule has 3 N–H and O–H groups in total. The molecule has 0 radical (unpaired) electrons. The van der Waals surface area contributed by atoms with Gasteiger partial charge < -0.3 is 20.4 Å². The molecule has 0 unspecified atom stereocenters. The highest BCUT2D eigenvalue weighted by molar-refractivity contribution is 6.00. The molecule has 0 atom stereocenters. The smallest absolute Gasteiger partial charge is 0.144 e. The summed E-state index contributed by atoms with van der Waals surface area (Å²) >= 11 is 0. The van der Waals surface area contributed by atoms with E-state index in [-0.39, 0.29) is 0 Å². The van der Waals surface area contributed by atoms with E-state index in [0.29, 0.717) is 35.7 Å². The minimum absolute atomic E-state index is 0.512. The van der Waals surface area contributed by atoms with Crippen LogP contribution in [0, 0.1) is 11.3 Å². The Hall–Kier alpha value is -4.57. The second kappa shape index (κ2) is 9.35. The number of hydrogen-bond donors (Lipinski definition) is 2. The highest BCUT2D eigenvalue weighted by Gasteiger charge is 2.17. The summed E-state index contributed by atoms with van der Waals surface area (Å²) in [6.45, 7) is 5.17. The van der Waals surface area contributed by atoms with Gasteiger partial charge in [-0.25, -0.2) is 0 Å². The van der Waals surface area contributed by atoms with Crippen LogP contribution in [0.4, 0.5) is 17.1 Å². The number of nitrogens with one attached hydrogen (secondary N) is 1. The molecule has 5 aromatic rings. The first-order chi connectivity index (χ1) is 17.1. The van der Waals surface area contributed by atoms with Gasteiger partial charge in [0.05, 0.1) is 34.8 Å². The number of benzene rings is 2. The van der Waals surface area contributed by atoms with E-state index in [1.165, 1.54) is 0 Å². The van der Waals surface area contributed by atoms with Crippen molar-refractivity contribution in [3.63, 3.8) is 0 Å². The molecule has 0 amide bonds. The van der Waals surface area contributed by atoms with Crippen LogP contribution in [0.5, 0.6) is 5.75 Å². The first-order valence-corrected chi connectivity index (χ1v) is 11.6. The van der Waals surface area contributed by atoms with Crippen LogP contribution in [0.2, 0.25) is 0 Å². The zero-order chi connectivity index (χ0) is 24.4. The number of rotatable bonds is 7. The van der Waals surface area contributed by atoms with E-state index in [9.17, 15) is 5.26 Å². The Balaban J connectivity index is 1.57. The van der Waals surface area contributed by atoms with E-state index in [1.807, 2.05) is 44.3 Å². The average Bonchev–Trinajstić information content (AvgIpc) is 3.27. The number of nitrogens with two attached hydrogens (primary N) is 1. The quantitative estimate of drug-likeness (QED) is 0.297. The summed E-state index contributed by atoms with van der Waals surface area (Å²) in [6, 6.07) is 18.3. The molecule has 0 saturated carbocycles. The van der Waals surface area contributed by atoms with Crippen LogP contribution in [-0.2, 0) is 13.0 Å². The number of nitrogen functional groups attached to an aromatic ring is 1. The summed E-state index contributed by atoms with van der Waals surface area (Å²) in [4.78, 5) is 8.95. The topological polar surface area (TPSA) is 102 Å². The zero-order valence-corrected chi connectivity index (χ0v) is 19.7. The molecule has 0 aliphatic carbocycles. The number of nitriles is 1. The van der Waals surface area contributed by atoms with E-state index in [4.69, 9.17) is 15.5 Å². The number of aromatic nitrogens is 3. The first kappa shape index (κ1) is 22.2. The minimum Gasteiger partial charge on any atom is -0.492 e. The van der Waals surface area contributed by atoms with Crippen molar-refractivity contribution in [2.75, 3.05) is 17.7 Å². The number of aryl methyl sites for hydroxylation is 1. The molecule has 2 aromatic carbocycles. The Kier molecular flexibility index (Phi) is 5.94.